The van der Waals surface area contributed by atoms with Gasteiger partial charge in [-0.3, -0.25) is 0 Å². The molecule has 0 bridgehead atoms. The van der Waals surface area contributed by atoms with Crippen LogP contribution in [-0.4, -0.2) is 16.2 Å². The summed E-state index contributed by atoms with van der Waals surface area (Å²) in [4.78, 5) is 10.8. The summed E-state index contributed by atoms with van der Waals surface area (Å²) >= 11 is 0. The highest BCUT2D eigenvalue weighted by Gasteiger charge is 2.07. The molecule has 0 aliphatic heterocycles. The zero-order valence-electron chi connectivity index (χ0n) is 10.0. The second-order valence-corrected chi connectivity index (χ2v) is 4.01. The van der Waals surface area contributed by atoms with Crippen molar-refractivity contribution in [2.24, 2.45) is 0 Å². The minimum atomic E-state index is -1.03. The lowest BCUT2D eigenvalue weighted by Crippen LogP contribution is -2.02. The van der Waals surface area contributed by atoms with Crippen LogP contribution >= 0.6 is 0 Å². The molecule has 0 aliphatic rings. The van der Waals surface area contributed by atoms with Crippen LogP contribution in [0.2, 0.25) is 0 Å². The molecule has 0 radical (unpaired) electrons. The fraction of sp³-hybridized carbons (Fsp3) is 0.0714. The van der Waals surface area contributed by atoms with Gasteiger partial charge in [0.1, 0.15) is 18.1 Å². The summed E-state index contributed by atoms with van der Waals surface area (Å²) in [6.45, 7) is 0.289. The Hall–Kier alpha value is -2.69. The number of hydrogen-bond acceptors (Lipinski definition) is 4. The van der Waals surface area contributed by atoms with Crippen molar-refractivity contribution >= 4 is 11.7 Å². The zero-order chi connectivity index (χ0) is 13.8. The van der Waals surface area contributed by atoms with Crippen molar-refractivity contribution in [3.05, 3.63) is 53.6 Å². The van der Waals surface area contributed by atoms with E-state index in [1.807, 2.05) is 0 Å². The minimum absolute atomic E-state index is 0.120. The number of carboxylic acid groups (broad SMARTS) is 1. The smallest absolute Gasteiger partial charge is 0.335 e. The molecule has 0 saturated carbocycles. The number of rotatable bonds is 4. The van der Waals surface area contributed by atoms with Crippen LogP contribution in [0.3, 0.4) is 0 Å². The molecule has 0 fully saturated rings. The van der Waals surface area contributed by atoms with Gasteiger partial charge in [-0.25, -0.2) is 4.79 Å². The molecule has 0 aliphatic carbocycles. The van der Waals surface area contributed by atoms with Crippen molar-refractivity contribution in [3.8, 4) is 11.5 Å². The van der Waals surface area contributed by atoms with Crippen LogP contribution in [0.5, 0.6) is 11.5 Å². The molecule has 0 heterocycles. The molecular weight excluding hydrogens is 246 g/mol. The SMILES string of the molecule is Nc1cc(C(=O)O)ccc1OCc1ccc(O)cc1. The van der Waals surface area contributed by atoms with Gasteiger partial charge in [0.05, 0.1) is 11.3 Å². The number of anilines is 1. The number of phenolic OH excluding ortho intramolecular Hbond substituents is 1. The van der Waals surface area contributed by atoms with E-state index in [4.69, 9.17) is 20.7 Å². The molecule has 4 N–H and O–H groups in total. The number of benzene rings is 2. The summed E-state index contributed by atoms with van der Waals surface area (Å²) in [5, 5.41) is 18.0. The van der Waals surface area contributed by atoms with Gasteiger partial charge in [-0.15, -0.1) is 0 Å². The molecule has 0 aromatic heterocycles. The summed E-state index contributed by atoms with van der Waals surface area (Å²) < 4.78 is 5.50. The van der Waals surface area contributed by atoms with Gasteiger partial charge in [0, 0.05) is 0 Å². The third-order valence-electron chi connectivity index (χ3n) is 2.59. The number of ether oxygens (including phenoxy) is 1. The van der Waals surface area contributed by atoms with E-state index in [1.165, 1.54) is 18.2 Å². The van der Waals surface area contributed by atoms with Gasteiger partial charge in [0.25, 0.3) is 0 Å². The number of nitrogen functional groups attached to an aromatic ring is 1. The monoisotopic (exact) mass is 259 g/mol. The number of hydrogen-bond donors (Lipinski definition) is 3. The number of carbonyl (C=O) groups is 1. The van der Waals surface area contributed by atoms with Gasteiger partial charge in [-0.05, 0) is 35.9 Å². The maximum atomic E-state index is 10.8. The third-order valence-corrected chi connectivity index (χ3v) is 2.59. The summed E-state index contributed by atoms with van der Waals surface area (Å²) in [5.74, 6) is -0.413. The molecule has 2 rings (SSSR count). The maximum absolute atomic E-state index is 10.8. The molecule has 0 spiro atoms. The lowest BCUT2D eigenvalue weighted by Gasteiger charge is -2.09. The predicted octanol–water partition coefficient (Wildman–Crippen LogP) is 2.25. The fourth-order valence-corrected chi connectivity index (χ4v) is 1.57. The Morgan fingerprint density at radius 3 is 2.42 bits per heavy atom. The van der Waals surface area contributed by atoms with Crippen molar-refractivity contribution in [3.63, 3.8) is 0 Å². The molecular formula is C14H13NO4. The lowest BCUT2D eigenvalue weighted by molar-refractivity contribution is 0.0697. The van der Waals surface area contributed by atoms with E-state index in [0.717, 1.165) is 5.56 Å². The normalized spacial score (nSPS) is 10.1. The molecule has 0 amide bonds. The van der Waals surface area contributed by atoms with Crippen molar-refractivity contribution in [1.29, 1.82) is 0 Å². The average Bonchev–Trinajstić information content (AvgIpc) is 2.39. The molecule has 19 heavy (non-hydrogen) atoms. The molecule has 5 nitrogen and oxygen atoms in total. The number of nitrogens with two attached hydrogens (primary N) is 1. The van der Waals surface area contributed by atoms with E-state index in [2.05, 4.69) is 0 Å². The summed E-state index contributed by atoms with van der Waals surface area (Å²) in [5.41, 5.74) is 6.99. The highest BCUT2D eigenvalue weighted by Crippen LogP contribution is 2.23. The lowest BCUT2D eigenvalue weighted by atomic mass is 10.2. The fourth-order valence-electron chi connectivity index (χ4n) is 1.57. The van der Waals surface area contributed by atoms with Crippen molar-refractivity contribution in [1.82, 2.24) is 0 Å². The first kappa shape index (κ1) is 12.8. The van der Waals surface area contributed by atoms with Crippen LogP contribution in [-0.2, 0) is 6.61 Å². The third kappa shape index (κ3) is 3.16. The zero-order valence-corrected chi connectivity index (χ0v) is 10.0. The number of aromatic hydroxyl groups is 1. The van der Waals surface area contributed by atoms with E-state index in [-0.39, 0.29) is 23.6 Å². The van der Waals surface area contributed by atoms with Crippen LogP contribution in [0.4, 0.5) is 5.69 Å². The van der Waals surface area contributed by atoms with Crippen LogP contribution in [0, 0.1) is 0 Å². The highest BCUT2D eigenvalue weighted by atomic mass is 16.5. The van der Waals surface area contributed by atoms with Gasteiger partial charge >= 0.3 is 5.97 Å². The molecule has 2 aromatic rings. The van der Waals surface area contributed by atoms with Gasteiger partial charge in [0.15, 0.2) is 0 Å². The largest absolute Gasteiger partial charge is 0.508 e. The van der Waals surface area contributed by atoms with Crippen LogP contribution in [0.25, 0.3) is 0 Å². The topological polar surface area (TPSA) is 92.8 Å². The highest BCUT2D eigenvalue weighted by molar-refractivity contribution is 5.89. The van der Waals surface area contributed by atoms with E-state index in [1.54, 1.807) is 24.3 Å². The van der Waals surface area contributed by atoms with E-state index < -0.39 is 5.97 Å². The number of phenols is 1. The Bertz CT molecular complexity index is 593. The summed E-state index contributed by atoms with van der Waals surface area (Å²) in [6.07, 6.45) is 0. The van der Waals surface area contributed by atoms with E-state index in [0.29, 0.717) is 5.75 Å². The molecule has 98 valence electrons. The van der Waals surface area contributed by atoms with Crippen molar-refractivity contribution < 1.29 is 19.7 Å². The number of carboxylic acids is 1. The molecule has 0 atom stereocenters. The quantitative estimate of drug-likeness (QED) is 0.732. The number of aromatic carboxylic acids is 1. The standard InChI is InChI=1S/C14H13NO4/c15-12-7-10(14(17)18)3-6-13(12)19-8-9-1-4-11(16)5-2-9/h1-7,16H,8,15H2,(H,17,18). The summed E-state index contributed by atoms with van der Waals surface area (Å²) in [7, 11) is 0. The van der Waals surface area contributed by atoms with Gasteiger partial charge < -0.3 is 20.7 Å². The second-order valence-electron chi connectivity index (χ2n) is 4.01. The Labute approximate surface area is 109 Å². The van der Waals surface area contributed by atoms with Crippen LogP contribution in [0.1, 0.15) is 15.9 Å². The summed E-state index contributed by atoms with van der Waals surface area (Å²) in [6, 6.07) is 10.9. The van der Waals surface area contributed by atoms with Gasteiger partial charge in [-0.1, -0.05) is 12.1 Å². The van der Waals surface area contributed by atoms with Crippen LogP contribution in [0.15, 0.2) is 42.5 Å². The Morgan fingerprint density at radius 2 is 1.84 bits per heavy atom. The minimum Gasteiger partial charge on any atom is -0.508 e. The Kier molecular flexibility index (Phi) is 3.56. The van der Waals surface area contributed by atoms with Crippen molar-refractivity contribution in [2.75, 3.05) is 5.73 Å². The first-order chi connectivity index (χ1) is 9.06. The van der Waals surface area contributed by atoms with E-state index >= 15 is 0 Å². The first-order valence-corrected chi connectivity index (χ1v) is 5.60. The Morgan fingerprint density at radius 1 is 1.16 bits per heavy atom. The second kappa shape index (κ2) is 5.30. The van der Waals surface area contributed by atoms with Crippen LogP contribution < -0.4 is 10.5 Å². The van der Waals surface area contributed by atoms with Gasteiger partial charge in [0.2, 0.25) is 0 Å². The van der Waals surface area contributed by atoms with E-state index in [9.17, 15) is 4.79 Å². The molecule has 0 unspecified atom stereocenters. The van der Waals surface area contributed by atoms with Gasteiger partial charge in [-0.2, -0.15) is 0 Å². The molecule has 2 aromatic carbocycles. The maximum Gasteiger partial charge on any atom is 0.335 e. The van der Waals surface area contributed by atoms with Crippen molar-refractivity contribution in [2.45, 2.75) is 6.61 Å². The first-order valence-electron chi connectivity index (χ1n) is 5.60. The predicted molar refractivity (Wildman–Crippen MR) is 70.3 cm³/mol. The average molecular weight is 259 g/mol. The Balaban J connectivity index is 2.07. The molecule has 5 heteroatoms. The molecule has 0 saturated heterocycles.